The third kappa shape index (κ3) is 9.20. The Bertz CT molecular complexity index is 2080. The number of carbonyl (C=O) groups excluding carboxylic acids is 1. The monoisotopic (exact) mass is 794 g/mol. The topological polar surface area (TPSA) is 166 Å². The number of nitrogens with one attached hydrogen (secondary N) is 2. The summed E-state index contributed by atoms with van der Waals surface area (Å²) >= 11 is 0. The van der Waals surface area contributed by atoms with Gasteiger partial charge < -0.3 is 29.2 Å². The minimum absolute atomic E-state index is 0.0415. The van der Waals surface area contributed by atoms with Gasteiger partial charge in [-0.05, 0) is 58.6 Å². The van der Waals surface area contributed by atoms with Gasteiger partial charge in [0.2, 0.25) is 5.95 Å². The predicted molar refractivity (Wildman–Crippen MR) is 223 cm³/mol. The molecular weight excluding hydrogens is 741 g/mol. The van der Waals surface area contributed by atoms with Gasteiger partial charge in [-0.15, -0.1) is 0 Å². The van der Waals surface area contributed by atoms with Gasteiger partial charge in [-0.3, -0.25) is 15.0 Å². The van der Waals surface area contributed by atoms with Gasteiger partial charge in [0, 0.05) is 31.9 Å². The molecule has 0 bridgehead atoms. The van der Waals surface area contributed by atoms with Crippen molar-refractivity contribution in [2.45, 2.75) is 83.3 Å². The van der Waals surface area contributed by atoms with Crippen LogP contribution in [0.5, 0.6) is 5.75 Å². The van der Waals surface area contributed by atoms with Gasteiger partial charge in [0.05, 0.1) is 27.0 Å². The summed E-state index contributed by atoms with van der Waals surface area (Å²) in [6, 6.07) is 23.2. The number of carboxylic acid groups (broad SMARTS) is 1. The minimum Gasteiger partial charge on any atom is -0.495 e. The molecular formula is C42H54N8O6Si. The summed E-state index contributed by atoms with van der Waals surface area (Å²) in [7, 11) is 0.152. The van der Waals surface area contributed by atoms with Gasteiger partial charge in [0.25, 0.3) is 8.32 Å². The van der Waals surface area contributed by atoms with Crippen LogP contribution in [-0.2, 0) is 15.7 Å². The molecule has 14 nitrogen and oxygen atoms in total. The summed E-state index contributed by atoms with van der Waals surface area (Å²) in [4.78, 5) is 39.4. The van der Waals surface area contributed by atoms with Crippen LogP contribution in [0.25, 0.3) is 11.0 Å². The van der Waals surface area contributed by atoms with Crippen LogP contribution in [0.4, 0.5) is 21.4 Å². The van der Waals surface area contributed by atoms with E-state index in [-0.39, 0.29) is 29.5 Å². The Hall–Kier alpha value is -5.54. The van der Waals surface area contributed by atoms with Crippen molar-refractivity contribution in [1.82, 2.24) is 29.6 Å². The van der Waals surface area contributed by atoms with Crippen molar-refractivity contribution in [2.75, 3.05) is 44.5 Å². The summed E-state index contributed by atoms with van der Waals surface area (Å²) in [6.07, 6.45) is 5.81. The van der Waals surface area contributed by atoms with E-state index in [0.29, 0.717) is 54.4 Å². The van der Waals surface area contributed by atoms with Crippen LogP contribution in [0, 0.1) is 0 Å². The Morgan fingerprint density at radius 2 is 1.63 bits per heavy atom. The van der Waals surface area contributed by atoms with Crippen molar-refractivity contribution in [3.8, 4) is 5.75 Å². The number of ether oxygens (including phenoxy) is 2. The number of benzene rings is 2. The summed E-state index contributed by atoms with van der Waals surface area (Å²) in [6.45, 7) is 10.7. The number of pyridine rings is 1. The number of methoxy groups -OCH3 is 2. The second-order valence-electron chi connectivity index (χ2n) is 15.4. The highest BCUT2D eigenvalue weighted by atomic mass is 28.4. The molecule has 2 aromatic carbocycles. The van der Waals surface area contributed by atoms with Crippen LogP contribution in [0.3, 0.4) is 0 Å². The predicted octanol–water partition coefficient (Wildman–Crippen LogP) is 6.86. The molecule has 4 heterocycles. The number of hydrogen-bond donors (Lipinski definition) is 3. The number of likely N-dealkylation sites (tertiary alicyclic amines) is 1. The summed E-state index contributed by atoms with van der Waals surface area (Å²) in [5, 5.41) is 22.7. The smallest absolute Gasteiger partial charge is 0.413 e. The van der Waals surface area contributed by atoms with E-state index >= 15 is 0 Å². The summed E-state index contributed by atoms with van der Waals surface area (Å²) < 4.78 is 19.7. The van der Waals surface area contributed by atoms with Gasteiger partial charge >= 0.3 is 12.2 Å². The third-order valence-corrected chi connectivity index (χ3v) is 15.8. The SMILES string of the molecule is CCC[C@@H](CCO[Si](c1ccccc1)(c1ccccc1)C(C)(C)C)Nc1nc(NC(=O)OC)nc2cnn(Cc3ncc(C4CCN(C(=O)O)CC4)cc3OC)c12. The maximum absolute atomic E-state index is 12.3. The quantitative estimate of drug-likeness (QED) is 0.0948. The van der Waals surface area contributed by atoms with Crippen molar-refractivity contribution in [1.29, 1.82) is 0 Å². The standard InChI is InChI=1S/C42H54N8O6Si/c1-7-14-31(21-24-56-57(42(2,3)4,32-15-10-8-11-16-32)33-17-12-9-13-18-33)45-38-37-34(46-39(47-38)48-40(51)55-6)27-44-50(37)28-35-36(54-5)25-30(26-43-35)29-19-22-49(23-20-29)41(52)53/h8-13,15-18,25-27,29,31H,7,14,19-24,28H2,1-6H3,(H,52,53)(H2,45,46,47,48,51)/t31-/m0/s1. The zero-order chi connectivity index (χ0) is 40.6. The summed E-state index contributed by atoms with van der Waals surface area (Å²) in [5.41, 5.74) is 2.85. The van der Waals surface area contributed by atoms with Crippen LogP contribution in [0.15, 0.2) is 79.1 Å². The number of amides is 2. The lowest BCUT2D eigenvalue weighted by Gasteiger charge is -2.43. The molecule has 0 unspecified atom stereocenters. The molecule has 0 aliphatic carbocycles. The van der Waals surface area contributed by atoms with Crippen LogP contribution >= 0.6 is 0 Å². The van der Waals surface area contributed by atoms with Gasteiger partial charge in [-0.25, -0.2) is 14.6 Å². The van der Waals surface area contributed by atoms with E-state index in [1.165, 1.54) is 22.4 Å². The number of carbonyl (C=O) groups is 2. The zero-order valence-electron chi connectivity index (χ0n) is 33.7. The average molecular weight is 795 g/mol. The molecule has 2 amide bonds. The van der Waals surface area contributed by atoms with Gasteiger partial charge in [-0.1, -0.05) is 94.8 Å². The van der Waals surface area contributed by atoms with E-state index in [1.807, 2.05) is 24.4 Å². The largest absolute Gasteiger partial charge is 0.495 e. The Morgan fingerprint density at radius 1 is 0.965 bits per heavy atom. The molecule has 15 heteroatoms. The van der Waals surface area contributed by atoms with E-state index in [1.54, 1.807) is 18.0 Å². The van der Waals surface area contributed by atoms with Crippen LogP contribution < -0.4 is 25.7 Å². The summed E-state index contributed by atoms with van der Waals surface area (Å²) in [5.74, 6) is 1.39. The molecule has 1 atom stereocenters. The molecule has 3 N–H and O–H groups in total. The fraction of sp³-hybridized carbons (Fsp3) is 0.429. The lowest BCUT2D eigenvalue weighted by molar-refractivity contribution is 0.132. The number of piperidine rings is 1. The molecule has 302 valence electrons. The highest BCUT2D eigenvalue weighted by molar-refractivity contribution is 6.99. The number of hydrogen-bond acceptors (Lipinski definition) is 10. The lowest BCUT2D eigenvalue weighted by atomic mass is 9.90. The number of nitrogens with zero attached hydrogens (tertiary/aromatic N) is 6. The Labute approximate surface area is 335 Å². The molecule has 6 rings (SSSR count). The van der Waals surface area contributed by atoms with Crippen molar-refractivity contribution < 1.29 is 28.6 Å². The van der Waals surface area contributed by atoms with E-state index in [4.69, 9.17) is 29.0 Å². The molecule has 5 aromatic rings. The van der Waals surface area contributed by atoms with Crippen molar-refractivity contribution in [2.24, 2.45) is 0 Å². The van der Waals surface area contributed by atoms with Crippen molar-refractivity contribution in [3.05, 3.63) is 90.4 Å². The number of aromatic nitrogens is 5. The van der Waals surface area contributed by atoms with E-state index in [9.17, 15) is 14.7 Å². The molecule has 1 aliphatic heterocycles. The highest BCUT2D eigenvalue weighted by Crippen LogP contribution is 2.37. The van der Waals surface area contributed by atoms with Gasteiger partial charge in [0.15, 0.2) is 5.82 Å². The highest BCUT2D eigenvalue weighted by Gasteiger charge is 2.50. The molecule has 1 saturated heterocycles. The maximum Gasteiger partial charge on any atom is 0.413 e. The molecule has 0 saturated carbocycles. The van der Waals surface area contributed by atoms with Crippen LogP contribution in [0.2, 0.25) is 5.04 Å². The molecule has 0 spiro atoms. The maximum atomic E-state index is 12.3. The van der Waals surface area contributed by atoms with Gasteiger partial charge in [-0.2, -0.15) is 10.1 Å². The molecule has 3 aromatic heterocycles. The first kappa shape index (κ1) is 41.1. The second kappa shape index (κ2) is 18.2. The van der Waals surface area contributed by atoms with Crippen LogP contribution in [-0.4, -0.2) is 95.2 Å². The first-order valence-corrected chi connectivity index (χ1v) is 21.5. The fourth-order valence-corrected chi connectivity index (χ4v) is 12.5. The number of fused-ring (bicyclic) bond motifs is 1. The van der Waals surface area contributed by atoms with Crippen LogP contribution in [0.1, 0.15) is 77.0 Å². The minimum atomic E-state index is -2.75. The average Bonchev–Trinajstić information content (AvgIpc) is 3.62. The zero-order valence-corrected chi connectivity index (χ0v) is 34.7. The Morgan fingerprint density at radius 3 is 2.21 bits per heavy atom. The molecule has 1 fully saturated rings. The third-order valence-electron chi connectivity index (χ3n) is 10.8. The molecule has 1 aliphatic rings. The van der Waals surface area contributed by atoms with Crippen molar-refractivity contribution in [3.63, 3.8) is 0 Å². The van der Waals surface area contributed by atoms with E-state index < -0.39 is 20.5 Å². The Kier molecular flexibility index (Phi) is 13.1. The fourth-order valence-electron chi connectivity index (χ4n) is 7.92. The molecule has 57 heavy (non-hydrogen) atoms. The number of anilines is 2. The van der Waals surface area contributed by atoms with E-state index in [0.717, 1.165) is 31.2 Å². The molecule has 0 radical (unpaired) electrons. The normalized spacial score (nSPS) is 14.3. The van der Waals surface area contributed by atoms with Gasteiger partial charge in [0.1, 0.15) is 22.5 Å². The second-order valence-corrected chi connectivity index (χ2v) is 19.7. The Balaban J connectivity index is 1.29. The van der Waals surface area contributed by atoms with Crippen molar-refractivity contribution >= 4 is 53.7 Å². The first-order chi connectivity index (χ1) is 27.5. The van der Waals surface area contributed by atoms with E-state index in [2.05, 4.69) is 91.8 Å². The number of rotatable bonds is 15. The first-order valence-electron chi connectivity index (χ1n) is 19.6. The lowest BCUT2D eigenvalue weighted by Crippen LogP contribution is -2.66.